The molecule has 3 N–H and O–H groups in total. The SMILES string of the molecule is CN1CCN(CCC(=O)n2[nH]c(CN)cc2=O)CC1. The minimum Gasteiger partial charge on any atom is -0.325 e. The van der Waals surface area contributed by atoms with Crippen molar-refractivity contribution in [2.45, 2.75) is 13.0 Å². The predicted octanol–water partition coefficient (Wildman–Crippen LogP) is -1.09. The largest absolute Gasteiger partial charge is 0.325 e. The average Bonchev–Trinajstić information content (AvgIpc) is 2.79. The molecule has 0 spiro atoms. The predicted molar refractivity (Wildman–Crippen MR) is 72.1 cm³/mol. The molecule has 7 nitrogen and oxygen atoms in total. The Morgan fingerprint density at radius 2 is 2.05 bits per heavy atom. The van der Waals surface area contributed by atoms with E-state index in [1.54, 1.807) is 0 Å². The number of carbonyl (C=O) groups excluding carboxylic acids is 1. The van der Waals surface area contributed by atoms with Crippen LogP contribution < -0.4 is 11.3 Å². The maximum atomic E-state index is 12.0. The summed E-state index contributed by atoms with van der Waals surface area (Å²) in [4.78, 5) is 28.0. The highest BCUT2D eigenvalue weighted by Crippen LogP contribution is 2.01. The van der Waals surface area contributed by atoms with Crippen LogP contribution in [-0.4, -0.2) is 65.3 Å². The van der Waals surface area contributed by atoms with Crippen LogP contribution in [-0.2, 0) is 6.54 Å². The van der Waals surface area contributed by atoms with E-state index in [9.17, 15) is 9.59 Å². The summed E-state index contributed by atoms with van der Waals surface area (Å²) in [5, 5.41) is 2.73. The summed E-state index contributed by atoms with van der Waals surface area (Å²) in [6.07, 6.45) is 0.341. The minimum atomic E-state index is -0.330. The lowest BCUT2D eigenvalue weighted by Gasteiger charge is -2.32. The molecule has 1 aromatic rings. The standard InChI is InChI=1S/C12H21N5O2/c1-15-4-6-16(7-5-15)3-2-11(18)17-12(19)8-10(9-13)14-17/h8,14H,2-7,9,13H2,1H3. The van der Waals surface area contributed by atoms with Crippen molar-refractivity contribution in [3.05, 3.63) is 22.1 Å². The molecule has 1 aliphatic rings. The summed E-state index contributed by atoms with van der Waals surface area (Å²) in [6.45, 7) is 4.90. The van der Waals surface area contributed by atoms with Crippen molar-refractivity contribution in [1.82, 2.24) is 19.6 Å². The van der Waals surface area contributed by atoms with Crippen molar-refractivity contribution in [3.8, 4) is 0 Å². The Hall–Kier alpha value is -1.44. The number of hydrogen-bond acceptors (Lipinski definition) is 5. The number of nitrogens with one attached hydrogen (secondary N) is 1. The van der Waals surface area contributed by atoms with Gasteiger partial charge in [-0.2, -0.15) is 4.68 Å². The second kappa shape index (κ2) is 6.14. The first-order valence-electron chi connectivity index (χ1n) is 6.55. The number of likely N-dealkylation sites (N-methyl/N-ethyl adjacent to an activating group) is 1. The number of aromatic nitrogens is 2. The molecule has 0 radical (unpaired) electrons. The molecule has 1 aromatic heterocycles. The highest BCUT2D eigenvalue weighted by atomic mass is 16.2. The van der Waals surface area contributed by atoms with E-state index in [0.29, 0.717) is 18.7 Å². The number of piperazine rings is 1. The van der Waals surface area contributed by atoms with Gasteiger partial charge in [-0.25, -0.2) is 0 Å². The Morgan fingerprint density at radius 1 is 1.37 bits per heavy atom. The van der Waals surface area contributed by atoms with Gasteiger partial charge in [0.05, 0.1) is 5.69 Å². The van der Waals surface area contributed by atoms with Crippen LogP contribution in [0.1, 0.15) is 16.9 Å². The summed E-state index contributed by atoms with van der Waals surface area (Å²) < 4.78 is 1.05. The first kappa shape index (κ1) is 14.0. The Morgan fingerprint density at radius 3 is 2.63 bits per heavy atom. The first-order chi connectivity index (χ1) is 9.10. The summed E-state index contributed by atoms with van der Waals surface area (Å²) >= 11 is 0. The van der Waals surface area contributed by atoms with Crippen LogP contribution in [0.2, 0.25) is 0 Å². The number of H-pyrrole nitrogens is 1. The smallest absolute Gasteiger partial charge is 0.273 e. The molecule has 7 heteroatoms. The summed E-state index contributed by atoms with van der Waals surface area (Å²) in [5.74, 6) is -0.205. The van der Waals surface area contributed by atoms with Crippen molar-refractivity contribution in [3.63, 3.8) is 0 Å². The van der Waals surface area contributed by atoms with Gasteiger partial charge in [0.1, 0.15) is 0 Å². The van der Waals surface area contributed by atoms with Crippen molar-refractivity contribution in [1.29, 1.82) is 0 Å². The minimum absolute atomic E-state index is 0.205. The lowest BCUT2D eigenvalue weighted by molar-refractivity contribution is 0.0843. The quantitative estimate of drug-likeness (QED) is 0.724. The molecule has 106 valence electrons. The monoisotopic (exact) mass is 267 g/mol. The van der Waals surface area contributed by atoms with E-state index in [1.807, 2.05) is 0 Å². The number of carbonyl (C=O) groups is 1. The van der Waals surface area contributed by atoms with Gasteiger partial charge in [-0.1, -0.05) is 0 Å². The normalized spacial score (nSPS) is 17.8. The Bertz CT molecular complexity index is 485. The van der Waals surface area contributed by atoms with Gasteiger partial charge in [-0.15, -0.1) is 0 Å². The van der Waals surface area contributed by atoms with Gasteiger partial charge >= 0.3 is 0 Å². The molecule has 0 unspecified atom stereocenters. The van der Waals surface area contributed by atoms with Crippen LogP contribution in [0.5, 0.6) is 0 Å². The fourth-order valence-electron chi connectivity index (χ4n) is 2.17. The third-order valence-corrected chi connectivity index (χ3v) is 3.48. The molecule has 0 aromatic carbocycles. The molecule has 2 rings (SSSR count). The van der Waals surface area contributed by atoms with Crippen LogP contribution in [0.3, 0.4) is 0 Å². The van der Waals surface area contributed by atoms with E-state index in [2.05, 4.69) is 21.9 Å². The zero-order valence-corrected chi connectivity index (χ0v) is 11.3. The molecule has 0 amide bonds. The van der Waals surface area contributed by atoms with Crippen LogP contribution in [0.25, 0.3) is 0 Å². The van der Waals surface area contributed by atoms with E-state index in [4.69, 9.17) is 5.73 Å². The molecular weight excluding hydrogens is 246 g/mol. The summed E-state index contributed by atoms with van der Waals surface area (Å²) in [7, 11) is 2.09. The van der Waals surface area contributed by atoms with Gasteiger partial charge in [0, 0.05) is 51.8 Å². The van der Waals surface area contributed by atoms with E-state index < -0.39 is 0 Å². The molecule has 0 saturated carbocycles. The number of hydrogen-bond donors (Lipinski definition) is 2. The molecule has 1 aliphatic heterocycles. The van der Waals surface area contributed by atoms with Gasteiger partial charge in [-0.3, -0.25) is 14.7 Å². The van der Waals surface area contributed by atoms with E-state index in [0.717, 1.165) is 30.9 Å². The van der Waals surface area contributed by atoms with Crippen LogP contribution in [0.15, 0.2) is 10.9 Å². The van der Waals surface area contributed by atoms with Gasteiger partial charge in [-0.05, 0) is 7.05 Å². The molecular formula is C12H21N5O2. The van der Waals surface area contributed by atoms with E-state index >= 15 is 0 Å². The zero-order valence-electron chi connectivity index (χ0n) is 11.3. The maximum Gasteiger partial charge on any atom is 0.273 e. The highest BCUT2D eigenvalue weighted by molar-refractivity contribution is 5.78. The summed E-state index contributed by atoms with van der Waals surface area (Å²) in [5.41, 5.74) is 5.68. The maximum absolute atomic E-state index is 12.0. The third kappa shape index (κ3) is 3.52. The van der Waals surface area contributed by atoms with Crippen molar-refractivity contribution in [2.24, 2.45) is 5.73 Å². The van der Waals surface area contributed by atoms with Crippen LogP contribution in [0.4, 0.5) is 0 Å². The second-order valence-corrected chi connectivity index (χ2v) is 4.95. The highest BCUT2D eigenvalue weighted by Gasteiger charge is 2.16. The second-order valence-electron chi connectivity index (χ2n) is 4.95. The Kier molecular flexibility index (Phi) is 4.52. The molecule has 0 bridgehead atoms. The topological polar surface area (TPSA) is 87.4 Å². The number of nitrogens with zero attached hydrogens (tertiary/aromatic N) is 3. The summed E-state index contributed by atoms with van der Waals surface area (Å²) in [6, 6.07) is 1.37. The Balaban J connectivity index is 1.87. The lowest BCUT2D eigenvalue weighted by atomic mass is 10.3. The average molecular weight is 267 g/mol. The lowest BCUT2D eigenvalue weighted by Crippen LogP contribution is -2.45. The molecule has 19 heavy (non-hydrogen) atoms. The van der Waals surface area contributed by atoms with E-state index in [1.165, 1.54) is 6.07 Å². The van der Waals surface area contributed by atoms with Crippen LogP contribution in [0, 0.1) is 0 Å². The van der Waals surface area contributed by atoms with Crippen molar-refractivity contribution < 1.29 is 4.79 Å². The zero-order chi connectivity index (χ0) is 13.8. The van der Waals surface area contributed by atoms with Gasteiger partial charge in [0.15, 0.2) is 0 Å². The fraction of sp³-hybridized carbons (Fsp3) is 0.667. The van der Waals surface area contributed by atoms with Crippen LogP contribution >= 0.6 is 0 Å². The van der Waals surface area contributed by atoms with E-state index in [-0.39, 0.29) is 18.0 Å². The van der Waals surface area contributed by atoms with Crippen molar-refractivity contribution in [2.75, 3.05) is 39.8 Å². The van der Waals surface area contributed by atoms with Gasteiger partial charge in [0.2, 0.25) is 5.91 Å². The molecule has 0 atom stereocenters. The fourth-order valence-corrected chi connectivity index (χ4v) is 2.17. The van der Waals surface area contributed by atoms with Crippen molar-refractivity contribution >= 4 is 5.91 Å². The number of rotatable bonds is 4. The number of aromatic amines is 1. The molecule has 2 heterocycles. The third-order valence-electron chi connectivity index (χ3n) is 3.48. The van der Waals surface area contributed by atoms with Gasteiger partial charge in [0.25, 0.3) is 5.56 Å². The number of nitrogens with two attached hydrogens (primary N) is 1. The molecule has 1 fully saturated rings. The molecule has 1 saturated heterocycles. The Labute approximate surface area is 111 Å². The first-order valence-corrected chi connectivity index (χ1v) is 6.55. The van der Waals surface area contributed by atoms with Gasteiger partial charge < -0.3 is 15.5 Å². The molecule has 0 aliphatic carbocycles.